The monoisotopic (exact) mass is 280 g/mol. The molecule has 1 N–H and O–H groups in total. The van der Waals surface area contributed by atoms with E-state index in [0.29, 0.717) is 12.2 Å². The number of nitrogens with zero attached hydrogens (tertiary/aromatic N) is 1. The summed E-state index contributed by atoms with van der Waals surface area (Å²) in [6, 6.07) is 4.72. The van der Waals surface area contributed by atoms with E-state index < -0.39 is 17.5 Å². The van der Waals surface area contributed by atoms with Crippen molar-refractivity contribution in [3.63, 3.8) is 0 Å². The van der Waals surface area contributed by atoms with Crippen LogP contribution in [0.3, 0.4) is 0 Å². The molecule has 0 spiro atoms. The van der Waals surface area contributed by atoms with Gasteiger partial charge in [-0.25, -0.2) is 9.18 Å². The lowest BCUT2D eigenvalue weighted by Crippen LogP contribution is -2.52. The number of amides is 1. The van der Waals surface area contributed by atoms with Crippen LogP contribution < -0.4 is 10.2 Å². The number of anilines is 2. The van der Waals surface area contributed by atoms with Crippen molar-refractivity contribution in [2.45, 2.75) is 45.8 Å². The summed E-state index contributed by atoms with van der Waals surface area (Å²) in [5.74, 6) is -0.434. The van der Waals surface area contributed by atoms with E-state index in [1.54, 1.807) is 32.9 Å². The van der Waals surface area contributed by atoms with Crippen LogP contribution in [0.15, 0.2) is 18.2 Å². The average Bonchev–Trinajstić information content (AvgIpc) is 2.24. The lowest BCUT2D eigenvalue weighted by atomic mass is 9.99. The molecule has 0 unspecified atom stereocenters. The van der Waals surface area contributed by atoms with Crippen molar-refractivity contribution in [2.24, 2.45) is 0 Å². The number of halogens is 1. The summed E-state index contributed by atoms with van der Waals surface area (Å²) in [6.07, 6.45) is -0.529. The summed E-state index contributed by atoms with van der Waals surface area (Å²) in [7, 11) is 0. The molecule has 110 valence electrons. The number of ether oxygens (including phenoxy) is 1. The Morgan fingerprint density at radius 3 is 2.65 bits per heavy atom. The first-order valence-electron chi connectivity index (χ1n) is 6.66. The zero-order valence-corrected chi connectivity index (χ0v) is 12.6. The van der Waals surface area contributed by atoms with Crippen LogP contribution in [0.1, 0.15) is 34.6 Å². The maximum absolute atomic E-state index is 14.1. The lowest BCUT2D eigenvalue weighted by molar-refractivity contribution is 0.0572. The highest BCUT2D eigenvalue weighted by molar-refractivity contribution is 5.94. The van der Waals surface area contributed by atoms with Crippen molar-refractivity contribution < 1.29 is 13.9 Å². The fourth-order valence-electron chi connectivity index (χ4n) is 2.24. The molecule has 0 aliphatic carbocycles. The van der Waals surface area contributed by atoms with Crippen molar-refractivity contribution in [2.75, 3.05) is 16.8 Å². The fraction of sp³-hybridized carbons (Fsp3) is 0.533. The maximum atomic E-state index is 14.1. The van der Waals surface area contributed by atoms with Gasteiger partial charge < -0.3 is 10.1 Å². The summed E-state index contributed by atoms with van der Waals surface area (Å²) in [4.78, 5) is 13.7. The normalized spacial score (nSPS) is 17.2. The van der Waals surface area contributed by atoms with E-state index in [-0.39, 0.29) is 11.2 Å². The van der Waals surface area contributed by atoms with Crippen LogP contribution in [0.4, 0.5) is 20.6 Å². The van der Waals surface area contributed by atoms with Crippen molar-refractivity contribution in [3.8, 4) is 0 Å². The molecule has 0 saturated heterocycles. The molecule has 1 aliphatic rings. The molecule has 0 fully saturated rings. The van der Waals surface area contributed by atoms with Crippen LogP contribution in [0.2, 0.25) is 0 Å². The first-order valence-corrected chi connectivity index (χ1v) is 6.66. The summed E-state index contributed by atoms with van der Waals surface area (Å²) in [6.45, 7) is 9.63. The van der Waals surface area contributed by atoms with Crippen molar-refractivity contribution in [3.05, 3.63) is 24.0 Å². The summed E-state index contributed by atoms with van der Waals surface area (Å²) in [5.41, 5.74) is -0.108. The van der Waals surface area contributed by atoms with Gasteiger partial charge >= 0.3 is 6.09 Å². The predicted molar refractivity (Wildman–Crippen MR) is 77.7 cm³/mol. The molecule has 1 heterocycles. The van der Waals surface area contributed by atoms with Crippen molar-refractivity contribution in [1.82, 2.24) is 0 Å². The molecule has 0 bridgehead atoms. The van der Waals surface area contributed by atoms with Crippen LogP contribution in [-0.2, 0) is 4.74 Å². The van der Waals surface area contributed by atoms with Crippen LogP contribution in [0.25, 0.3) is 0 Å². The highest BCUT2D eigenvalue weighted by Gasteiger charge is 2.36. The molecule has 0 atom stereocenters. The third kappa shape index (κ3) is 3.03. The van der Waals surface area contributed by atoms with Crippen LogP contribution in [0, 0.1) is 5.82 Å². The third-order valence-electron chi connectivity index (χ3n) is 2.90. The highest BCUT2D eigenvalue weighted by atomic mass is 19.1. The molecule has 0 saturated carbocycles. The number of benzene rings is 1. The summed E-state index contributed by atoms with van der Waals surface area (Å²) in [5, 5.41) is 3.24. The predicted octanol–water partition coefficient (Wildman–Crippen LogP) is 3.77. The Morgan fingerprint density at radius 1 is 1.40 bits per heavy atom. The SMILES string of the molecule is CC1(C)CN(C(=O)OC(C)(C)C)c2c(F)cccc2N1. The molecule has 20 heavy (non-hydrogen) atoms. The van der Waals surface area contributed by atoms with Crippen LogP contribution in [-0.4, -0.2) is 23.8 Å². The van der Waals surface area contributed by atoms with E-state index in [0.717, 1.165) is 0 Å². The minimum atomic E-state index is -0.614. The smallest absolute Gasteiger partial charge is 0.415 e. The first-order chi connectivity index (χ1) is 9.09. The zero-order chi connectivity index (χ0) is 15.1. The number of hydrogen-bond acceptors (Lipinski definition) is 3. The molecule has 1 aromatic rings. The quantitative estimate of drug-likeness (QED) is 0.786. The van der Waals surface area contributed by atoms with Gasteiger partial charge in [0.25, 0.3) is 0 Å². The van der Waals surface area contributed by atoms with Gasteiger partial charge in [-0.3, -0.25) is 4.90 Å². The van der Waals surface area contributed by atoms with E-state index >= 15 is 0 Å². The van der Waals surface area contributed by atoms with Gasteiger partial charge in [-0.2, -0.15) is 0 Å². The van der Waals surface area contributed by atoms with Crippen molar-refractivity contribution in [1.29, 1.82) is 0 Å². The van der Waals surface area contributed by atoms with Crippen LogP contribution in [0.5, 0.6) is 0 Å². The number of rotatable bonds is 0. The van der Waals surface area contributed by atoms with Gasteiger partial charge in [-0.1, -0.05) is 6.07 Å². The van der Waals surface area contributed by atoms with E-state index in [9.17, 15) is 9.18 Å². The Morgan fingerprint density at radius 2 is 2.05 bits per heavy atom. The average molecular weight is 280 g/mol. The summed E-state index contributed by atoms with van der Waals surface area (Å²) < 4.78 is 19.5. The van der Waals surface area contributed by atoms with Gasteiger partial charge in [0, 0.05) is 5.54 Å². The number of para-hydroxylation sites is 1. The number of fused-ring (bicyclic) bond motifs is 1. The second-order valence-corrected chi connectivity index (χ2v) is 6.71. The molecule has 0 aromatic heterocycles. The maximum Gasteiger partial charge on any atom is 0.415 e. The van der Waals surface area contributed by atoms with E-state index in [4.69, 9.17) is 4.74 Å². The molecule has 0 radical (unpaired) electrons. The largest absolute Gasteiger partial charge is 0.443 e. The van der Waals surface area contributed by atoms with Gasteiger partial charge in [0.05, 0.1) is 12.2 Å². The van der Waals surface area contributed by atoms with Gasteiger partial charge in [0.15, 0.2) is 0 Å². The summed E-state index contributed by atoms with van der Waals surface area (Å²) >= 11 is 0. The molecular formula is C15H21FN2O2. The lowest BCUT2D eigenvalue weighted by Gasteiger charge is -2.41. The van der Waals surface area contributed by atoms with Crippen molar-refractivity contribution >= 4 is 17.5 Å². The van der Waals surface area contributed by atoms with E-state index in [1.165, 1.54) is 11.0 Å². The number of carbonyl (C=O) groups excluding carboxylic acids is 1. The second kappa shape index (κ2) is 4.65. The molecule has 1 amide bonds. The Balaban J connectivity index is 2.41. The van der Waals surface area contributed by atoms with Crippen LogP contribution >= 0.6 is 0 Å². The fourth-order valence-corrected chi connectivity index (χ4v) is 2.24. The minimum absolute atomic E-state index is 0.251. The minimum Gasteiger partial charge on any atom is -0.443 e. The Labute approximate surface area is 118 Å². The zero-order valence-electron chi connectivity index (χ0n) is 12.6. The first kappa shape index (κ1) is 14.6. The van der Waals surface area contributed by atoms with E-state index in [1.807, 2.05) is 13.8 Å². The Hall–Kier alpha value is -1.78. The number of carbonyl (C=O) groups is 1. The van der Waals surface area contributed by atoms with Gasteiger partial charge in [-0.05, 0) is 46.8 Å². The standard InChI is InChI=1S/C15H21FN2O2/c1-14(2,3)20-13(19)18-9-15(4,5)17-11-8-6-7-10(16)12(11)18/h6-8,17H,9H2,1-5H3. The van der Waals surface area contributed by atoms with Gasteiger partial charge in [-0.15, -0.1) is 0 Å². The number of nitrogens with one attached hydrogen (secondary N) is 1. The Kier molecular flexibility index (Phi) is 3.40. The molecule has 1 aromatic carbocycles. The molecule has 2 rings (SSSR count). The number of hydrogen-bond donors (Lipinski definition) is 1. The van der Waals surface area contributed by atoms with Gasteiger partial charge in [0.1, 0.15) is 17.1 Å². The molecule has 4 nitrogen and oxygen atoms in total. The topological polar surface area (TPSA) is 41.6 Å². The van der Waals surface area contributed by atoms with Gasteiger partial charge in [0.2, 0.25) is 0 Å². The Bertz CT molecular complexity index is 535. The second-order valence-electron chi connectivity index (χ2n) is 6.71. The molecule has 5 heteroatoms. The van der Waals surface area contributed by atoms with E-state index in [2.05, 4.69) is 5.32 Å². The third-order valence-corrected chi connectivity index (χ3v) is 2.90. The highest BCUT2D eigenvalue weighted by Crippen LogP contribution is 2.37. The molecular weight excluding hydrogens is 259 g/mol. The molecule has 1 aliphatic heterocycles.